The first-order valence-electron chi connectivity index (χ1n) is 5.16. The van der Waals surface area contributed by atoms with Gasteiger partial charge in [0.15, 0.2) is 0 Å². The van der Waals surface area contributed by atoms with Gasteiger partial charge < -0.3 is 14.0 Å². The van der Waals surface area contributed by atoms with E-state index in [9.17, 15) is 14.4 Å². The van der Waals surface area contributed by atoms with Gasteiger partial charge >= 0.3 is 52.3 Å². The fraction of sp³-hybridized carbons (Fsp3) is 0.667. The number of carbonyl (C=O) groups is 3. The van der Waals surface area contributed by atoms with Crippen molar-refractivity contribution >= 4 is 53.2 Å². The second-order valence-corrected chi connectivity index (χ2v) is 6.16. The van der Waals surface area contributed by atoms with Crippen molar-refractivity contribution in [2.75, 3.05) is 0 Å². The summed E-state index contributed by atoms with van der Waals surface area (Å²) in [4.78, 5) is 31.2. The first-order chi connectivity index (χ1) is 7.65. The molecule has 0 saturated carbocycles. The summed E-state index contributed by atoms with van der Waals surface area (Å²) in [5.41, 5.74) is 0. The SMILES string of the molecule is CC(=O)OB(OC(C)=O)OC(C)=O.C[CH](C)[Na]. The van der Waals surface area contributed by atoms with E-state index in [0.29, 0.717) is 0 Å². The normalized spacial score (nSPS) is 8.71. The molecule has 0 radical (unpaired) electrons. The monoisotopic (exact) mass is 254 g/mol. The van der Waals surface area contributed by atoms with Crippen molar-refractivity contribution in [2.24, 2.45) is 0 Å². The predicted molar refractivity (Wildman–Crippen MR) is 61.9 cm³/mol. The molecular formula is C9H16BNaO6. The molecule has 0 aliphatic heterocycles. The van der Waals surface area contributed by atoms with Gasteiger partial charge in [-0.15, -0.1) is 0 Å². The Morgan fingerprint density at radius 1 is 0.882 bits per heavy atom. The van der Waals surface area contributed by atoms with E-state index in [1.165, 1.54) is 27.9 Å². The van der Waals surface area contributed by atoms with Crippen LogP contribution < -0.4 is 0 Å². The van der Waals surface area contributed by atoms with Gasteiger partial charge in [0.1, 0.15) is 0 Å². The van der Waals surface area contributed by atoms with E-state index in [0.717, 1.165) is 23.9 Å². The van der Waals surface area contributed by atoms with Gasteiger partial charge in [0, 0.05) is 20.8 Å². The molecule has 0 heterocycles. The van der Waals surface area contributed by atoms with Crippen LogP contribution in [0.15, 0.2) is 0 Å². The van der Waals surface area contributed by atoms with E-state index in [4.69, 9.17) is 0 Å². The maximum absolute atomic E-state index is 10.4. The van der Waals surface area contributed by atoms with Crippen LogP contribution in [0.4, 0.5) is 0 Å². The number of hydrogen-bond acceptors (Lipinski definition) is 6. The molecule has 0 aromatic heterocycles. The van der Waals surface area contributed by atoms with Crippen molar-refractivity contribution < 1.29 is 28.3 Å². The molecule has 0 rings (SSSR count). The second-order valence-electron chi connectivity index (χ2n) is 3.85. The van der Waals surface area contributed by atoms with Crippen LogP contribution in [0, 0.1) is 0 Å². The van der Waals surface area contributed by atoms with Gasteiger partial charge in [0.2, 0.25) is 0 Å². The summed E-state index contributed by atoms with van der Waals surface area (Å²) in [6.07, 6.45) is 0. The van der Waals surface area contributed by atoms with Gasteiger partial charge in [-0.05, 0) is 0 Å². The average Bonchev–Trinajstić information content (AvgIpc) is 1.96. The molecule has 0 N–H and O–H groups in total. The van der Waals surface area contributed by atoms with Crippen molar-refractivity contribution in [2.45, 2.75) is 37.8 Å². The minimum atomic E-state index is -1.59. The molecule has 6 nitrogen and oxygen atoms in total. The van der Waals surface area contributed by atoms with Crippen LogP contribution in [0.1, 0.15) is 34.6 Å². The Balaban J connectivity index is 0. The third-order valence-corrected chi connectivity index (χ3v) is 0.787. The van der Waals surface area contributed by atoms with Gasteiger partial charge in [0.05, 0.1) is 0 Å². The van der Waals surface area contributed by atoms with E-state index in [2.05, 4.69) is 27.8 Å². The van der Waals surface area contributed by atoms with Crippen molar-refractivity contribution in [1.29, 1.82) is 0 Å². The molecule has 0 atom stereocenters. The molecule has 0 aromatic carbocycles. The van der Waals surface area contributed by atoms with Gasteiger partial charge in [0.25, 0.3) is 17.9 Å². The molecule has 0 bridgehead atoms. The fourth-order valence-electron chi connectivity index (χ4n) is 0.479. The molecule has 0 spiro atoms. The van der Waals surface area contributed by atoms with E-state index in [1.54, 1.807) is 0 Å². The van der Waals surface area contributed by atoms with Crippen molar-refractivity contribution in [3.8, 4) is 0 Å². The van der Waals surface area contributed by atoms with Crippen LogP contribution in [-0.2, 0) is 28.3 Å². The van der Waals surface area contributed by atoms with Crippen molar-refractivity contribution in [3.05, 3.63) is 0 Å². The molecule has 0 fully saturated rings. The zero-order chi connectivity index (χ0) is 14.0. The minimum absolute atomic E-state index is 0.715. The number of hydrogen-bond donors (Lipinski definition) is 0. The van der Waals surface area contributed by atoms with E-state index in [1.807, 2.05) is 0 Å². The zero-order valence-corrected chi connectivity index (χ0v) is 13.1. The topological polar surface area (TPSA) is 78.9 Å². The molecular weight excluding hydrogens is 238 g/mol. The Morgan fingerprint density at radius 2 is 1.06 bits per heavy atom. The van der Waals surface area contributed by atoms with Gasteiger partial charge in [-0.25, -0.2) is 0 Å². The van der Waals surface area contributed by atoms with Gasteiger partial charge in [-0.3, -0.25) is 14.4 Å². The Morgan fingerprint density at radius 3 is 1.18 bits per heavy atom. The zero-order valence-electron chi connectivity index (χ0n) is 11.1. The Kier molecular flexibility index (Phi) is 11.8. The summed E-state index contributed by atoms with van der Waals surface area (Å²) in [5, 5.41) is 0. The van der Waals surface area contributed by atoms with Crippen LogP contribution in [0.5, 0.6) is 0 Å². The molecule has 0 unspecified atom stereocenters. The maximum atomic E-state index is 10.4. The summed E-state index contributed by atoms with van der Waals surface area (Å²) in [7, 11) is -1.59. The molecule has 17 heavy (non-hydrogen) atoms. The van der Waals surface area contributed by atoms with Crippen molar-refractivity contribution in [3.63, 3.8) is 0 Å². The molecule has 0 aliphatic rings. The van der Waals surface area contributed by atoms with E-state index >= 15 is 0 Å². The Labute approximate surface area is 119 Å². The molecule has 92 valence electrons. The summed E-state index contributed by atoms with van der Waals surface area (Å²) in [6, 6.07) is 0. The first-order valence-corrected chi connectivity index (χ1v) is 6.32. The molecule has 0 saturated heterocycles. The third-order valence-electron chi connectivity index (χ3n) is 0.787. The van der Waals surface area contributed by atoms with Crippen LogP contribution in [0.25, 0.3) is 0 Å². The quantitative estimate of drug-likeness (QED) is 0.687. The summed E-state index contributed by atoms with van der Waals surface area (Å²) in [5.74, 6) is -2.15. The average molecular weight is 254 g/mol. The van der Waals surface area contributed by atoms with Crippen molar-refractivity contribution in [1.82, 2.24) is 0 Å². The molecule has 0 aromatic rings. The van der Waals surface area contributed by atoms with Crippen LogP contribution in [0.2, 0.25) is 3.17 Å². The first kappa shape index (κ1) is 18.8. The molecule has 0 aliphatic carbocycles. The summed E-state index contributed by atoms with van der Waals surface area (Å²) >= 11 is 1.35. The Bertz CT molecular complexity index is 227. The molecule has 0 amide bonds. The molecule has 8 heteroatoms. The van der Waals surface area contributed by atoms with E-state index in [-0.39, 0.29) is 0 Å². The number of carbonyl (C=O) groups excluding carboxylic acids is 3. The van der Waals surface area contributed by atoms with Gasteiger partial charge in [-0.2, -0.15) is 0 Å². The predicted octanol–water partition coefficient (Wildman–Crippen LogP) is 0.644. The third kappa shape index (κ3) is 21.3. The van der Waals surface area contributed by atoms with Crippen LogP contribution in [0.3, 0.4) is 0 Å². The Hall–Kier alpha value is -0.525. The van der Waals surface area contributed by atoms with Gasteiger partial charge in [-0.1, -0.05) is 0 Å². The standard InChI is InChI=1S/C6H9BO6.C3H7.Na/c1-4(8)11-7(12-5(2)9)13-6(3)10;1-3-2;/h1-3H3;3H,1-2H3;. The van der Waals surface area contributed by atoms with Crippen LogP contribution in [-0.4, -0.2) is 53.2 Å². The van der Waals surface area contributed by atoms with Crippen LogP contribution >= 0.6 is 0 Å². The summed E-state index contributed by atoms with van der Waals surface area (Å²) in [6.45, 7) is 7.75. The number of rotatable bonds is 3. The second kappa shape index (κ2) is 10.6. The van der Waals surface area contributed by atoms with E-state index < -0.39 is 25.2 Å². The summed E-state index contributed by atoms with van der Waals surface area (Å²) < 4.78 is 14.0. The fourth-order valence-corrected chi connectivity index (χ4v) is 0.479.